The summed E-state index contributed by atoms with van der Waals surface area (Å²) in [5, 5.41) is 10.1. The monoisotopic (exact) mass is 410 g/mol. The minimum absolute atomic E-state index is 0.101. The van der Waals surface area contributed by atoms with E-state index < -0.39 is 11.4 Å². The molecule has 1 spiro atoms. The van der Waals surface area contributed by atoms with Crippen LogP contribution >= 0.6 is 0 Å². The van der Waals surface area contributed by atoms with Gasteiger partial charge in [-0.2, -0.15) is 0 Å². The molecule has 0 aliphatic heterocycles. The van der Waals surface area contributed by atoms with Crippen LogP contribution in [0.2, 0.25) is 0 Å². The highest BCUT2D eigenvalue weighted by atomic mass is 16.4. The van der Waals surface area contributed by atoms with Crippen LogP contribution in [0.25, 0.3) is 0 Å². The van der Waals surface area contributed by atoms with Crippen LogP contribution in [0.5, 0.6) is 0 Å². The first-order chi connectivity index (χ1) is 14.1. The molecule has 1 N–H and O–H groups in total. The van der Waals surface area contributed by atoms with E-state index in [4.69, 9.17) is 0 Å². The molecule has 0 saturated heterocycles. The Labute approximate surface area is 179 Å². The van der Waals surface area contributed by atoms with Crippen molar-refractivity contribution in [3.05, 3.63) is 23.8 Å². The lowest BCUT2D eigenvalue weighted by molar-refractivity contribution is -0.197. The van der Waals surface area contributed by atoms with E-state index in [9.17, 15) is 19.5 Å². The minimum Gasteiger partial charge on any atom is -0.481 e. The van der Waals surface area contributed by atoms with Gasteiger partial charge in [-0.05, 0) is 80.3 Å². The number of ketones is 2. The van der Waals surface area contributed by atoms with Gasteiger partial charge in [0.25, 0.3) is 0 Å². The summed E-state index contributed by atoms with van der Waals surface area (Å²) < 4.78 is 0. The first-order valence-electron chi connectivity index (χ1n) is 11.8. The molecule has 0 heterocycles. The summed E-state index contributed by atoms with van der Waals surface area (Å²) in [4.78, 5) is 38.6. The number of aliphatic carboxylic acids is 1. The fourth-order valence-electron chi connectivity index (χ4n) is 9.05. The SMILES string of the molecule is CC(C)C1=C[C@@]23CC[C@@H]4[C@](C)(CCC[C@@]4(C)C(=O)O)[C@@H]2C[C@@H]1[C@H]1C(=O)C=CC(=O)[C@@H]13. The Balaban J connectivity index is 1.68. The molecule has 4 heteroatoms. The molecule has 3 saturated carbocycles. The number of hydrogen-bond acceptors (Lipinski definition) is 3. The zero-order valence-electron chi connectivity index (χ0n) is 18.6. The second-order valence-electron chi connectivity index (χ2n) is 11.6. The third kappa shape index (κ3) is 2.26. The third-order valence-electron chi connectivity index (χ3n) is 10.2. The van der Waals surface area contributed by atoms with Crippen LogP contribution in [0.4, 0.5) is 0 Å². The topological polar surface area (TPSA) is 71.4 Å². The van der Waals surface area contributed by atoms with Gasteiger partial charge in [0.15, 0.2) is 11.6 Å². The van der Waals surface area contributed by atoms with Crippen LogP contribution < -0.4 is 0 Å². The largest absolute Gasteiger partial charge is 0.481 e. The Morgan fingerprint density at radius 3 is 2.43 bits per heavy atom. The molecule has 0 unspecified atom stereocenters. The van der Waals surface area contributed by atoms with Crippen molar-refractivity contribution in [2.45, 2.75) is 66.2 Å². The van der Waals surface area contributed by atoms with Gasteiger partial charge in [0.1, 0.15) is 0 Å². The van der Waals surface area contributed by atoms with E-state index in [-0.39, 0.29) is 52.0 Å². The highest BCUT2D eigenvalue weighted by Crippen LogP contribution is 2.73. The maximum atomic E-state index is 13.2. The molecule has 2 bridgehead atoms. The van der Waals surface area contributed by atoms with Crippen LogP contribution in [0.3, 0.4) is 0 Å². The maximum Gasteiger partial charge on any atom is 0.309 e. The van der Waals surface area contributed by atoms with E-state index in [2.05, 4.69) is 26.8 Å². The Morgan fingerprint density at radius 1 is 1.07 bits per heavy atom. The molecule has 4 nitrogen and oxygen atoms in total. The lowest BCUT2D eigenvalue weighted by atomic mass is 9.33. The molecule has 6 aliphatic rings. The van der Waals surface area contributed by atoms with E-state index in [1.54, 1.807) is 0 Å². The fourth-order valence-corrected chi connectivity index (χ4v) is 9.05. The molecule has 0 aromatic rings. The van der Waals surface area contributed by atoms with E-state index in [1.807, 2.05) is 6.92 Å². The van der Waals surface area contributed by atoms with E-state index >= 15 is 0 Å². The summed E-state index contributed by atoms with van der Waals surface area (Å²) >= 11 is 0. The normalized spacial score (nSPS) is 49.4. The summed E-state index contributed by atoms with van der Waals surface area (Å²) in [6.07, 6.45) is 10.8. The molecular formula is C26H34O4. The number of hydrogen-bond donors (Lipinski definition) is 1. The summed E-state index contributed by atoms with van der Waals surface area (Å²) in [5.41, 5.74) is 0.277. The van der Waals surface area contributed by atoms with Crippen molar-refractivity contribution in [3.8, 4) is 0 Å². The summed E-state index contributed by atoms with van der Waals surface area (Å²) in [6.45, 7) is 8.67. The zero-order chi connectivity index (χ0) is 21.6. The lowest BCUT2D eigenvalue weighted by Crippen LogP contribution is -2.66. The predicted molar refractivity (Wildman–Crippen MR) is 114 cm³/mol. The van der Waals surface area contributed by atoms with Gasteiger partial charge in [-0.15, -0.1) is 0 Å². The molecule has 0 aromatic heterocycles. The van der Waals surface area contributed by atoms with Gasteiger partial charge < -0.3 is 5.11 Å². The molecule has 0 amide bonds. The Kier molecular flexibility index (Phi) is 4.16. The van der Waals surface area contributed by atoms with Crippen LogP contribution in [0.1, 0.15) is 66.2 Å². The van der Waals surface area contributed by atoms with Crippen LogP contribution in [-0.2, 0) is 14.4 Å². The van der Waals surface area contributed by atoms with Crippen molar-refractivity contribution < 1.29 is 19.5 Å². The van der Waals surface area contributed by atoms with Crippen molar-refractivity contribution >= 4 is 17.5 Å². The second-order valence-corrected chi connectivity index (χ2v) is 11.6. The minimum atomic E-state index is -0.693. The highest BCUT2D eigenvalue weighted by molar-refractivity contribution is 6.08. The third-order valence-corrected chi connectivity index (χ3v) is 10.2. The van der Waals surface area contributed by atoms with Crippen LogP contribution in [-0.4, -0.2) is 22.6 Å². The van der Waals surface area contributed by atoms with E-state index in [0.29, 0.717) is 5.92 Å². The van der Waals surface area contributed by atoms with Crippen molar-refractivity contribution in [1.82, 2.24) is 0 Å². The number of allylic oxidation sites excluding steroid dienone is 4. The fraction of sp³-hybridized carbons (Fsp3) is 0.731. The van der Waals surface area contributed by atoms with Crippen molar-refractivity contribution in [2.75, 3.05) is 0 Å². The van der Waals surface area contributed by atoms with Gasteiger partial charge in [-0.1, -0.05) is 38.8 Å². The number of fused-ring (bicyclic) bond motifs is 1. The van der Waals surface area contributed by atoms with Crippen LogP contribution in [0, 0.1) is 51.8 Å². The van der Waals surface area contributed by atoms with Crippen LogP contribution in [0.15, 0.2) is 23.8 Å². The van der Waals surface area contributed by atoms with Crippen molar-refractivity contribution in [1.29, 1.82) is 0 Å². The Morgan fingerprint density at radius 2 is 1.77 bits per heavy atom. The summed E-state index contributed by atoms with van der Waals surface area (Å²) in [7, 11) is 0. The molecular weight excluding hydrogens is 376 g/mol. The van der Waals surface area contributed by atoms with Gasteiger partial charge in [-0.25, -0.2) is 0 Å². The Hall–Kier alpha value is -1.71. The van der Waals surface area contributed by atoms with Gasteiger partial charge in [0.05, 0.1) is 5.41 Å². The number of carbonyl (C=O) groups is 3. The molecule has 8 atom stereocenters. The molecule has 162 valence electrons. The number of carboxylic acids is 1. The zero-order valence-corrected chi connectivity index (χ0v) is 18.6. The molecule has 3 fully saturated rings. The maximum absolute atomic E-state index is 13.2. The smallest absolute Gasteiger partial charge is 0.309 e. The first kappa shape index (κ1) is 20.2. The Bertz CT molecular complexity index is 897. The van der Waals surface area contributed by atoms with E-state index in [0.717, 1.165) is 38.5 Å². The lowest BCUT2D eigenvalue weighted by Gasteiger charge is -2.69. The number of carbonyl (C=O) groups excluding carboxylic acids is 2. The first-order valence-corrected chi connectivity index (χ1v) is 11.8. The highest BCUT2D eigenvalue weighted by Gasteiger charge is 2.70. The number of carboxylic acid groups (broad SMARTS) is 1. The molecule has 0 aromatic carbocycles. The molecule has 6 rings (SSSR count). The van der Waals surface area contributed by atoms with Gasteiger partial charge in [0, 0.05) is 17.3 Å². The predicted octanol–water partition coefficient (Wildman–Crippen LogP) is 4.84. The van der Waals surface area contributed by atoms with Crippen molar-refractivity contribution in [2.24, 2.45) is 51.8 Å². The average Bonchev–Trinajstić information content (AvgIpc) is 2.69. The summed E-state index contributed by atoms with van der Waals surface area (Å²) in [5.74, 6) is 0.00398. The standard InChI is InChI=1S/C26H34O4/c1-14(2)16-13-26-11-8-19-24(3,9-5-10-25(19,4)23(29)30)20(26)12-15(16)21-17(27)6-7-18(28)22(21)26/h6-7,13-15,19-22H,5,8-12H2,1-4H3,(H,29,30)/t15-,19+,20-,21-,22-,24-,25+,26-/m0/s1. The van der Waals surface area contributed by atoms with Gasteiger partial charge >= 0.3 is 5.97 Å². The van der Waals surface area contributed by atoms with Gasteiger partial charge in [0.2, 0.25) is 0 Å². The van der Waals surface area contributed by atoms with Crippen molar-refractivity contribution in [3.63, 3.8) is 0 Å². The van der Waals surface area contributed by atoms with Gasteiger partial charge in [-0.3, -0.25) is 14.4 Å². The molecule has 6 aliphatic carbocycles. The molecule has 30 heavy (non-hydrogen) atoms. The number of rotatable bonds is 2. The quantitative estimate of drug-likeness (QED) is 0.662. The second kappa shape index (κ2) is 6.17. The molecule has 0 radical (unpaired) electrons. The van der Waals surface area contributed by atoms with E-state index in [1.165, 1.54) is 17.7 Å². The average molecular weight is 411 g/mol. The summed E-state index contributed by atoms with van der Waals surface area (Å²) in [6, 6.07) is 0.